The highest BCUT2D eigenvalue weighted by Gasteiger charge is 2.18. The van der Waals surface area contributed by atoms with Crippen LogP contribution in [0.1, 0.15) is 24.8 Å². The molecule has 0 unspecified atom stereocenters. The third-order valence-electron chi connectivity index (χ3n) is 3.96. The molecule has 1 atom stereocenters. The normalized spacial score (nSPS) is 17.4. The number of nitrogens with zero attached hydrogens (tertiary/aromatic N) is 3. The van der Waals surface area contributed by atoms with Gasteiger partial charge in [0.1, 0.15) is 0 Å². The Morgan fingerprint density at radius 2 is 2.36 bits per heavy atom. The molecule has 0 bridgehead atoms. The summed E-state index contributed by atoms with van der Waals surface area (Å²) in [6.07, 6.45) is 12.5. The van der Waals surface area contributed by atoms with E-state index in [1.54, 1.807) is 17.1 Å². The summed E-state index contributed by atoms with van der Waals surface area (Å²) in [5.41, 5.74) is 2.85. The third-order valence-corrected chi connectivity index (χ3v) is 3.96. The molecule has 5 nitrogen and oxygen atoms in total. The van der Waals surface area contributed by atoms with E-state index in [2.05, 4.69) is 27.6 Å². The van der Waals surface area contributed by atoms with Crippen LogP contribution < -0.4 is 5.32 Å². The van der Waals surface area contributed by atoms with Crippen molar-refractivity contribution < 1.29 is 4.79 Å². The van der Waals surface area contributed by atoms with Crippen molar-refractivity contribution in [3.63, 3.8) is 0 Å². The van der Waals surface area contributed by atoms with Crippen LogP contribution in [0.4, 0.5) is 0 Å². The molecule has 5 heteroatoms. The number of carbonyl (C=O) groups excluding carboxylic acids is 1. The molecule has 3 rings (SSSR count). The van der Waals surface area contributed by atoms with E-state index in [0.29, 0.717) is 6.54 Å². The number of rotatable bonds is 4. The Bertz CT molecular complexity index is 689. The van der Waals surface area contributed by atoms with E-state index in [1.165, 1.54) is 0 Å². The predicted octanol–water partition coefficient (Wildman–Crippen LogP) is 2.45. The van der Waals surface area contributed by atoms with Gasteiger partial charge in [-0.05, 0) is 30.9 Å². The molecular formula is C17H20N4O. The van der Waals surface area contributed by atoms with Gasteiger partial charge < -0.3 is 5.32 Å². The van der Waals surface area contributed by atoms with Crippen LogP contribution in [0.15, 0.2) is 42.9 Å². The molecule has 0 radical (unpaired) electrons. The maximum atomic E-state index is 12.2. The average Bonchev–Trinajstić information content (AvgIpc) is 3.00. The second kappa shape index (κ2) is 6.56. The lowest BCUT2D eigenvalue weighted by Gasteiger charge is -2.17. The SMILES string of the molecule is Cn1cc(-c2ncccc2CNC(=O)[C@H]2CC=CCC2)cn1. The minimum absolute atomic E-state index is 0.100. The summed E-state index contributed by atoms with van der Waals surface area (Å²) >= 11 is 0. The molecule has 2 heterocycles. The molecule has 0 fully saturated rings. The molecule has 1 N–H and O–H groups in total. The van der Waals surface area contributed by atoms with Crippen molar-refractivity contribution in [3.8, 4) is 11.3 Å². The molecule has 1 aliphatic carbocycles. The minimum Gasteiger partial charge on any atom is -0.352 e. The molecule has 0 spiro atoms. The fourth-order valence-corrected chi connectivity index (χ4v) is 2.74. The van der Waals surface area contributed by atoms with Crippen molar-refractivity contribution in [2.24, 2.45) is 13.0 Å². The zero-order chi connectivity index (χ0) is 15.4. The van der Waals surface area contributed by atoms with Gasteiger partial charge in [0.2, 0.25) is 5.91 Å². The lowest BCUT2D eigenvalue weighted by atomic mass is 9.93. The van der Waals surface area contributed by atoms with Gasteiger partial charge >= 0.3 is 0 Å². The van der Waals surface area contributed by atoms with Gasteiger partial charge in [-0.3, -0.25) is 14.5 Å². The Morgan fingerprint density at radius 3 is 3.09 bits per heavy atom. The summed E-state index contributed by atoms with van der Waals surface area (Å²) in [7, 11) is 1.88. The molecule has 114 valence electrons. The monoisotopic (exact) mass is 296 g/mol. The quantitative estimate of drug-likeness (QED) is 0.882. The number of aromatic nitrogens is 3. The highest BCUT2D eigenvalue weighted by atomic mass is 16.1. The number of pyridine rings is 1. The van der Waals surface area contributed by atoms with E-state index in [-0.39, 0.29) is 11.8 Å². The number of carbonyl (C=O) groups is 1. The highest BCUT2D eigenvalue weighted by molar-refractivity contribution is 5.79. The fraction of sp³-hybridized carbons (Fsp3) is 0.353. The summed E-state index contributed by atoms with van der Waals surface area (Å²) < 4.78 is 1.75. The van der Waals surface area contributed by atoms with Crippen LogP contribution in [0.25, 0.3) is 11.3 Å². The average molecular weight is 296 g/mol. The van der Waals surface area contributed by atoms with Crippen molar-refractivity contribution in [3.05, 3.63) is 48.4 Å². The van der Waals surface area contributed by atoms with Crippen LogP contribution >= 0.6 is 0 Å². The maximum Gasteiger partial charge on any atom is 0.223 e. The first-order chi connectivity index (χ1) is 10.7. The van der Waals surface area contributed by atoms with Gasteiger partial charge in [0.05, 0.1) is 11.9 Å². The zero-order valence-electron chi connectivity index (χ0n) is 12.7. The topological polar surface area (TPSA) is 59.8 Å². The zero-order valence-corrected chi connectivity index (χ0v) is 12.7. The Balaban J connectivity index is 1.70. The minimum atomic E-state index is 0.100. The molecule has 1 aliphatic rings. The van der Waals surface area contributed by atoms with Gasteiger partial charge in [0.15, 0.2) is 0 Å². The van der Waals surface area contributed by atoms with Crippen molar-refractivity contribution in [1.82, 2.24) is 20.1 Å². The largest absolute Gasteiger partial charge is 0.352 e. The Morgan fingerprint density at radius 1 is 1.45 bits per heavy atom. The Labute approximate surface area is 130 Å². The summed E-state index contributed by atoms with van der Waals surface area (Å²) in [5.74, 6) is 0.230. The molecule has 0 saturated heterocycles. The van der Waals surface area contributed by atoms with E-state index in [4.69, 9.17) is 0 Å². The van der Waals surface area contributed by atoms with Crippen LogP contribution in [0.2, 0.25) is 0 Å². The molecule has 0 aliphatic heterocycles. The van der Waals surface area contributed by atoms with Crippen LogP contribution in [0.3, 0.4) is 0 Å². The number of aryl methyl sites for hydroxylation is 1. The molecular weight excluding hydrogens is 276 g/mol. The van der Waals surface area contributed by atoms with Crippen molar-refractivity contribution in [1.29, 1.82) is 0 Å². The van der Waals surface area contributed by atoms with Gasteiger partial charge in [-0.2, -0.15) is 5.10 Å². The number of amides is 1. The third kappa shape index (κ3) is 3.24. The number of hydrogen-bond donors (Lipinski definition) is 1. The van der Waals surface area contributed by atoms with Gasteiger partial charge in [0, 0.05) is 37.5 Å². The van der Waals surface area contributed by atoms with Gasteiger partial charge in [-0.25, -0.2) is 0 Å². The molecule has 2 aromatic rings. The number of allylic oxidation sites excluding steroid dienone is 2. The second-order valence-electron chi connectivity index (χ2n) is 5.61. The first-order valence-electron chi connectivity index (χ1n) is 7.59. The van der Waals surface area contributed by atoms with Crippen molar-refractivity contribution in [2.75, 3.05) is 0 Å². The van der Waals surface area contributed by atoms with E-state index < -0.39 is 0 Å². The maximum absolute atomic E-state index is 12.2. The van der Waals surface area contributed by atoms with Crippen LogP contribution in [-0.2, 0) is 18.4 Å². The van der Waals surface area contributed by atoms with Gasteiger partial charge in [-0.15, -0.1) is 0 Å². The highest BCUT2D eigenvalue weighted by Crippen LogP contribution is 2.21. The lowest BCUT2D eigenvalue weighted by Crippen LogP contribution is -2.30. The van der Waals surface area contributed by atoms with Gasteiger partial charge in [-0.1, -0.05) is 18.2 Å². The summed E-state index contributed by atoms with van der Waals surface area (Å²) in [4.78, 5) is 16.7. The van der Waals surface area contributed by atoms with Crippen LogP contribution in [0.5, 0.6) is 0 Å². The Hall–Kier alpha value is -2.43. The smallest absolute Gasteiger partial charge is 0.223 e. The summed E-state index contributed by atoms with van der Waals surface area (Å²) in [6.45, 7) is 0.497. The Kier molecular flexibility index (Phi) is 4.32. The molecule has 22 heavy (non-hydrogen) atoms. The van der Waals surface area contributed by atoms with E-state index >= 15 is 0 Å². The van der Waals surface area contributed by atoms with Crippen molar-refractivity contribution in [2.45, 2.75) is 25.8 Å². The summed E-state index contributed by atoms with van der Waals surface area (Å²) in [5, 5.41) is 7.23. The van der Waals surface area contributed by atoms with Crippen LogP contribution in [-0.4, -0.2) is 20.7 Å². The predicted molar refractivity (Wildman–Crippen MR) is 84.8 cm³/mol. The molecule has 1 amide bonds. The van der Waals surface area contributed by atoms with Gasteiger partial charge in [0.25, 0.3) is 0 Å². The second-order valence-corrected chi connectivity index (χ2v) is 5.61. The summed E-state index contributed by atoms with van der Waals surface area (Å²) in [6, 6.07) is 3.89. The molecule has 2 aromatic heterocycles. The fourth-order valence-electron chi connectivity index (χ4n) is 2.74. The van der Waals surface area contributed by atoms with Crippen molar-refractivity contribution >= 4 is 5.91 Å². The number of hydrogen-bond acceptors (Lipinski definition) is 3. The standard InChI is InChI=1S/C17H20N4O/c1-21-12-15(11-20-21)16-14(8-5-9-18-16)10-19-17(22)13-6-3-2-4-7-13/h2-3,5,8-9,11-13H,4,6-7,10H2,1H3,(H,19,22)/t13-/m0/s1. The molecule has 0 aromatic carbocycles. The van der Waals surface area contributed by atoms with Crippen LogP contribution in [0, 0.1) is 5.92 Å². The van der Waals surface area contributed by atoms with E-state index in [9.17, 15) is 4.79 Å². The first-order valence-corrected chi connectivity index (χ1v) is 7.59. The molecule has 0 saturated carbocycles. The van der Waals surface area contributed by atoms with E-state index in [1.807, 2.05) is 25.4 Å². The first kappa shape index (κ1) is 14.5. The lowest BCUT2D eigenvalue weighted by molar-refractivity contribution is -0.125. The number of nitrogens with one attached hydrogen (secondary N) is 1. The van der Waals surface area contributed by atoms with E-state index in [0.717, 1.165) is 36.1 Å².